The Morgan fingerprint density at radius 2 is 2.00 bits per heavy atom. The van der Waals surface area contributed by atoms with Gasteiger partial charge in [0.05, 0.1) is 20.7 Å². The van der Waals surface area contributed by atoms with Crippen LogP contribution in [0, 0.1) is 5.92 Å². The Morgan fingerprint density at radius 1 is 1.33 bits per heavy atom. The summed E-state index contributed by atoms with van der Waals surface area (Å²) < 4.78 is 12.5. The van der Waals surface area contributed by atoms with Gasteiger partial charge in [-0.05, 0) is 49.8 Å². The van der Waals surface area contributed by atoms with Crippen LogP contribution in [0.4, 0.5) is 5.69 Å². The summed E-state index contributed by atoms with van der Waals surface area (Å²) in [6.45, 7) is 2.23. The molecule has 100 valence electrons. The van der Waals surface area contributed by atoms with Crippen molar-refractivity contribution in [2.24, 2.45) is 5.92 Å². The molecule has 0 spiro atoms. The summed E-state index contributed by atoms with van der Waals surface area (Å²) in [5.41, 5.74) is 6.37. The number of rotatable bonds is 3. The van der Waals surface area contributed by atoms with E-state index in [-0.39, 0.29) is 5.25 Å². The fourth-order valence-electron chi connectivity index (χ4n) is 2.61. The second-order valence-electron chi connectivity index (χ2n) is 5.04. The van der Waals surface area contributed by atoms with Crippen molar-refractivity contribution in [1.29, 1.82) is 0 Å². The molecule has 0 bridgehead atoms. The lowest BCUT2D eigenvalue weighted by Gasteiger charge is -2.27. The van der Waals surface area contributed by atoms with Crippen LogP contribution in [-0.2, 0) is 10.8 Å². The summed E-state index contributed by atoms with van der Waals surface area (Å²) in [6, 6.07) is 5.24. The molecule has 4 heteroatoms. The first-order valence-corrected chi connectivity index (χ1v) is 8.16. The van der Waals surface area contributed by atoms with Gasteiger partial charge in [-0.25, -0.2) is 0 Å². The van der Waals surface area contributed by atoms with Crippen molar-refractivity contribution in [3.05, 3.63) is 23.2 Å². The standard InChI is InChI=1S/C14H20ClNOS/c1-2-10-3-6-12(7-4-10)18(17)14-9-11(16)5-8-13(14)15/h5,8-10,12H,2-4,6-7,16H2,1H3. The van der Waals surface area contributed by atoms with Gasteiger partial charge in [-0.2, -0.15) is 0 Å². The van der Waals surface area contributed by atoms with Gasteiger partial charge in [0.25, 0.3) is 0 Å². The molecular weight excluding hydrogens is 266 g/mol. The average molecular weight is 286 g/mol. The number of nitrogen functional groups attached to an aromatic ring is 1. The van der Waals surface area contributed by atoms with E-state index >= 15 is 0 Å². The normalized spacial score (nSPS) is 25.9. The van der Waals surface area contributed by atoms with Crippen LogP contribution in [0.2, 0.25) is 5.02 Å². The molecule has 1 fully saturated rings. The van der Waals surface area contributed by atoms with E-state index in [9.17, 15) is 4.21 Å². The van der Waals surface area contributed by atoms with E-state index in [1.54, 1.807) is 18.2 Å². The summed E-state index contributed by atoms with van der Waals surface area (Å²) in [5, 5.41) is 0.812. The summed E-state index contributed by atoms with van der Waals surface area (Å²) in [5.74, 6) is 0.814. The smallest absolute Gasteiger partial charge is 0.0597 e. The van der Waals surface area contributed by atoms with E-state index < -0.39 is 10.8 Å². The fourth-order valence-corrected chi connectivity index (χ4v) is 4.53. The molecule has 0 amide bonds. The third kappa shape index (κ3) is 3.07. The quantitative estimate of drug-likeness (QED) is 0.853. The zero-order chi connectivity index (χ0) is 13.1. The number of nitrogens with two attached hydrogens (primary N) is 1. The Hall–Kier alpha value is -0.540. The van der Waals surface area contributed by atoms with Crippen LogP contribution >= 0.6 is 11.6 Å². The maximum atomic E-state index is 12.5. The summed E-state index contributed by atoms with van der Waals surface area (Å²) in [4.78, 5) is 0.705. The van der Waals surface area contributed by atoms with Crippen LogP contribution < -0.4 is 5.73 Å². The van der Waals surface area contributed by atoms with Gasteiger partial charge in [0.15, 0.2) is 0 Å². The predicted molar refractivity (Wildman–Crippen MR) is 78.3 cm³/mol. The van der Waals surface area contributed by atoms with Crippen molar-refractivity contribution in [1.82, 2.24) is 0 Å². The first-order valence-electron chi connectivity index (χ1n) is 6.57. The molecule has 1 aromatic carbocycles. The molecule has 0 aromatic heterocycles. The lowest BCUT2D eigenvalue weighted by atomic mass is 9.87. The van der Waals surface area contributed by atoms with E-state index in [2.05, 4.69) is 6.92 Å². The zero-order valence-corrected chi connectivity index (χ0v) is 12.3. The Bertz CT molecular complexity index is 441. The van der Waals surface area contributed by atoms with Crippen LogP contribution in [0.15, 0.2) is 23.1 Å². The van der Waals surface area contributed by atoms with Crippen LogP contribution in [0.3, 0.4) is 0 Å². The van der Waals surface area contributed by atoms with Gasteiger partial charge in [0.2, 0.25) is 0 Å². The molecule has 1 saturated carbocycles. The largest absolute Gasteiger partial charge is 0.399 e. The average Bonchev–Trinajstić information content (AvgIpc) is 2.41. The number of benzene rings is 1. The third-order valence-corrected chi connectivity index (χ3v) is 6.14. The second kappa shape index (κ2) is 6.07. The van der Waals surface area contributed by atoms with Gasteiger partial charge in [-0.1, -0.05) is 24.9 Å². The molecule has 1 aliphatic rings. The van der Waals surface area contributed by atoms with Crippen LogP contribution in [0.25, 0.3) is 0 Å². The van der Waals surface area contributed by atoms with Gasteiger partial charge < -0.3 is 5.73 Å². The molecule has 1 aliphatic carbocycles. The molecule has 0 radical (unpaired) electrons. The Balaban J connectivity index is 2.10. The number of hydrogen-bond donors (Lipinski definition) is 1. The first-order chi connectivity index (χ1) is 8.61. The predicted octanol–water partition coefficient (Wildman–Crippen LogP) is 4.00. The van der Waals surface area contributed by atoms with Gasteiger partial charge in [-0.3, -0.25) is 4.21 Å². The molecule has 0 saturated heterocycles. The maximum Gasteiger partial charge on any atom is 0.0597 e. The molecule has 1 unspecified atom stereocenters. The van der Waals surface area contributed by atoms with Crippen molar-refractivity contribution >= 4 is 28.1 Å². The maximum absolute atomic E-state index is 12.5. The highest BCUT2D eigenvalue weighted by atomic mass is 35.5. The van der Waals surface area contributed by atoms with Crippen molar-refractivity contribution in [2.45, 2.75) is 49.2 Å². The molecule has 0 heterocycles. The number of anilines is 1. The SMILES string of the molecule is CCC1CCC(S(=O)c2cc(N)ccc2Cl)CC1. The molecule has 2 rings (SSSR count). The summed E-state index contributed by atoms with van der Waals surface area (Å²) in [7, 11) is -1.02. The summed E-state index contributed by atoms with van der Waals surface area (Å²) >= 11 is 6.12. The lowest BCUT2D eigenvalue weighted by Crippen LogP contribution is -2.23. The van der Waals surface area contributed by atoms with E-state index in [1.165, 1.54) is 19.3 Å². The number of hydrogen-bond acceptors (Lipinski definition) is 2. The van der Waals surface area contributed by atoms with E-state index in [4.69, 9.17) is 17.3 Å². The van der Waals surface area contributed by atoms with E-state index in [1.807, 2.05) is 0 Å². The monoisotopic (exact) mass is 285 g/mol. The lowest BCUT2D eigenvalue weighted by molar-refractivity contribution is 0.353. The minimum Gasteiger partial charge on any atom is -0.399 e. The zero-order valence-electron chi connectivity index (χ0n) is 10.7. The van der Waals surface area contributed by atoms with E-state index in [0.29, 0.717) is 15.6 Å². The minimum atomic E-state index is -1.02. The van der Waals surface area contributed by atoms with Gasteiger partial charge >= 0.3 is 0 Å². The Kier molecular flexibility index (Phi) is 4.68. The number of halogens is 1. The molecular formula is C14H20ClNOS. The van der Waals surface area contributed by atoms with Crippen molar-refractivity contribution in [3.63, 3.8) is 0 Å². The van der Waals surface area contributed by atoms with Gasteiger partial charge in [0, 0.05) is 10.9 Å². The first kappa shape index (κ1) is 13.9. The van der Waals surface area contributed by atoms with Crippen LogP contribution in [0.5, 0.6) is 0 Å². The molecule has 2 nitrogen and oxygen atoms in total. The third-order valence-electron chi connectivity index (χ3n) is 3.85. The molecule has 18 heavy (non-hydrogen) atoms. The summed E-state index contributed by atoms with van der Waals surface area (Å²) in [6.07, 6.45) is 5.69. The minimum absolute atomic E-state index is 0.243. The van der Waals surface area contributed by atoms with Gasteiger partial charge in [-0.15, -0.1) is 0 Å². The van der Waals surface area contributed by atoms with Crippen molar-refractivity contribution < 1.29 is 4.21 Å². The fraction of sp³-hybridized carbons (Fsp3) is 0.571. The highest BCUT2D eigenvalue weighted by molar-refractivity contribution is 7.85. The van der Waals surface area contributed by atoms with Crippen LogP contribution in [0.1, 0.15) is 39.0 Å². The molecule has 1 atom stereocenters. The molecule has 1 aromatic rings. The van der Waals surface area contributed by atoms with Crippen molar-refractivity contribution in [2.75, 3.05) is 5.73 Å². The molecule has 2 N–H and O–H groups in total. The topological polar surface area (TPSA) is 43.1 Å². The highest BCUT2D eigenvalue weighted by Crippen LogP contribution is 2.33. The van der Waals surface area contributed by atoms with E-state index in [0.717, 1.165) is 18.8 Å². The highest BCUT2D eigenvalue weighted by Gasteiger charge is 2.26. The second-order valence-corrected chi connectivity index (χ2v) is 7.15. The van der Waals surface area contributed by atoms with Crippen molar-refractivity contribution in [3.8, 4) is 0 Å². The molecule has 0 aliphatic heterocycles. The Labute approximate surface area is 116 Å². The van der Waals surface area contributed by atoms with Crippen LogP contribution in [-0.4, -0.2) is 9.46 Å². The Morgan fingerprint density at radius 3 is 2.61 bits per heavy atom. The van der Waals surface area contributed by atoms with Gasteiger partial charge in [0.1, 0.15) is 0 Å².